The van der Waals surface area contributed by atoms with Gasteiger partial charge in [0.2, 0.25) is 0 Å². The Morgan fingerprint density at radius 3 is 1.90 bits per heavy atom. The van der Waals surface area contributed by atoms with E-state index in [1.807, 2.05) is 0 Å². The monoisotopic (exact) mass is 246 g/mol. The van der Waals surface area contributed by atoms with Gasteiger partial charge in [0.25, 0.3) is 0 Å². The summed E-state index contributed by atoms with van der Waals surface area (Å²) in [6.07, 6.45) is 3.96. The summed E-state index contributed by atoms with van der Waals surface area (Å²) in [6.45, 7) is 0. The highest BCUT2D eigenvalue weighted by Gasteiger charge is 2.07. The molecule has 0 unspecified atom stereocenters. The summed E-state index contributed by atoms with van der Waals surface area (Å²) in [5, 5.41) is 0. The van der Waals surface area contributed by atoms with Crippen molar-refractivity contribution in [3.63, 3.8) is 0 Å². The van der Waals surface area contributed by atoms with E-state index in [0.29, 0.717) is 0 Å². The van der Waals surface area contributed by atoms with Crippen LogP contribution in [0.15, 0.2) is 24.3 Å². The summed E-state index contributed by atoms with van der Waals surface area (Å²) in [5.41, 5.74) is 3.13. The summed E-state index contributed by atoms with van der Waals surface area (Å²) in [7, 11) is 0. The predicted octanol–water partition coefficient (Wildman–Crippen LogP) is 2.79. The molecule has 0 saturated carbocycles. The third kappa shape index (κ3) is 1.34. The third-order valence-corrected chi connectivity index (χ3v) is 2.01. The lowest BCUT2D eigenvalue weighted by Crippen LogP contribution is -1.77. The number of benzene rings is 1. The molecule has 0 radical (unpaired) electrons. The highest BCUT2D eigenvalue weighted by atomic mass is 127. The molecule has 0 saturated heterocycles. The molecule has 10 heavy (non-hydrogen) atoms. The van der Waals surface area contributed by atoms with Gasteiger partial charge >= 0.3 is 0 Å². The molecule has 0 aliphatic heterocycles. The van der Waals surface area contributed by atoms with E-state index < -0.39 is 0 Å². The Hall–Kier alpha value is -0.0500. The molecule has 0 aromatic heterocycles. The molecular formula is C9H11I. The van der Waals surface area contributed by atoms with Gasteiger partial charge in [0.05, 0.1) is 0 Å². The van der Waals surface area contributed by atoms with E-state index in [2.05, 4.69) is 24.3 Å². The molecule has 0 heterocycles. The number of rotatable bonds is 0. The molecule has 1 heteroatoms. The van der Waals surface area contributed by atoms with Gasteiger partial charge in [0.15, 0.2) is 0 Å². The maximum Gasteiger partial charge on any atom is -0.0273 e. The van der Waals surface area contributed by atoms with Gasteiger partial charge in [-0.15, -0.1) is 24.0 Å². The second kappa shape index (κ2) is 3.37. The Balaban J connectivity index is 0.000000500. The van der Waals surface area contributed by atoms with Crippen LogP contribution in [0, 0.1) is 0 Å². The van der Waals surface area contributed by atoms with Gasteiger partial charge in [-0.05, 0) is 30.4 Å². The van der Waals surface area contributed by atoms with Crippen molar-refractivity contribution in [2.45, 2.75) is 19.3 Å². The number of hydrogen-bond donors (Lipinski definition) is 0. The van der Waals surface area contributed by atoms with Crippen LogP contribution in [0.3, 0.4) is 0 Å². The van der Waals surface area contributed by atoms with Crippen LogP contribution >= 0.6 is 24.0 Å². The maximum atomic E-state index is 2.24. The first-order chi connectivity index (χ1) is 4.47. The molecular weight excluding hydrogens is 235 g/mol. The van der Waals surface area contributed by atoms with Gasteiger partial charge in [-0.2, -0.15) is 0 Å². The van der Waals surface area contributed by atoms with Crippen LogP contribution in [0.5, 0.6) is 0 Å². The van der Waals surface area contributed by atoms with E-state index in [9.17, 15) is 0 Å². The van der Waals surface area contributed by atoms with Gasteiger partial charge in [0.1, 0.15) is 0 Å². The zero-order chi connectivity index (χ0) is 6.10. The first kappa shape index (κ1) is 8.05. The van der Waals surface area contributed by atoms with Crippen LogP contribution in [0.1, 0.15) is 17.5 Å². The average Bonchev–Trinajstić information content (AvgIpc) is 2.33. The Labute approximate surface area is 78.7 Å². The lowest BCUT2D eigenvalue weighted by Gasteiger charge is -1.93. The topological polar surface area (TPSA) is 0 Å². The number of hydrogen-bond acceptors (Lipinski definition) is 0. The van der Waals surface area contributed by atoms with Crippen LogP contribution in [0.4, 0.5) is 0 Å². The summed E-state index contributed by atoms with van der Waals surface area (Å²) in [4.78, 5) is 0. The molecule has 1 aromatic rings. The molecule has 1 aliphatic carbocycles. The van der Waals surface area contributed by atoms with Crippen LogP contribution in [0.25, 0.3) is 0 Å². The maximum absolute atomic E-state index is 2.24. The number of fused-ring (bicyclic) bond motifs is 1. The van der Waals surface area contributed by atoms with Crippen molar-refractivity contribution in [1.82, 2.24) is 0 Å². The van der Waals surface area contributed by atoms with Crippen LogP contribution in [0.2, 0.25) is 0 Å². The third-order valence-electron chi connectivity index (χ3n) is 2.01. The summed E-state index contributed by atoms with van der Waals surface area (Å²) < 4.78 is 0. The van der Waals surface area contributed by atoms with E-state index >= 15 is 0 Å². The molecule has 0 N–H and O–H groups in total. The van der Waals surface area contributed by atoms with E-state index in [1.165, 1.54) is 19.3 Å². The van der Waals surface area contributed by atoms with Crippen molar-refractivity contribution in [2.75, 3.05) is 0 Å². The summed E-state index contributed by atoms with van der Waals surface area (Å²) >= 11 is 0. The zero-order valence-corrected chi connectivity index (χ0v) is 8.17. The molecule has 0 bridgehead atoms. The molecule has 0 fully saturated rings. The highest BCUT2D eigenvalue weighted by Crippen LogP contribution is 2.20. The molecule has 1 aliphatic rings. The standard InChI is InChI=1S/C9H10.HI/c1-2-5-9-7-3-6-8(9)4-1;/h1-2,4-5H,3,6-7H2;1H. The molecule has 0 spiro atoms. The second-order valence-electron chi connectivity index (χ2n) is 2.62. The van der Waals surface area contributed by atoms with Crippen molar-refractivity contribution in [2.24, 2.45) is 0 Å². The van der Waals surface area contributed by atoms with Crippen molar-refractivity contribution in [1.29, 1.82) is 0 Å². The normalized spacial score (nSPS) is 14.0. The summed E-state index contributed by atoms with van der Waals surface area (Å²) in [6, 6.07) is 8.74. The molecule has 0 amide bonds. The molecule has 1 aromatic carbocycles. The van der Waals surface area contributed by atoms with Gasteiger partial charge in [-0.3, -0.25) is 0 Å². The van der Waals surface area contributed by atoms with Gasteiger partial charge in [-0.25, -0.2) is 0 Å². The van der Waals surface area contributed by atoms with Crippen molar-refractivity contribution < 1.29 is 0 Å². The minimum absolute atomic E-state index is 0. The van der Waals surface area contributed by atoms with Gasteiger partial charge in [0, 0.05) is 0 Å². The second-order valence-corrected chi connectivity index (χ2v) is 2.62. The molecule has 0 atom stereocenters. The fraction of sp³-hybridized carbons (Fsp3) is 0.333. The van der Waals surface area contributed by atoms with Crippen molar-refractivity contribution in [3.8, 4) is 0 Å². The van der Waals surface area contributed by atoms with Crippen LogP contribution < -0.4 is 0 Å². The van der Waals surface area contributed by atoms with E-state index in [-0.39, 0.29) is 24.0 Å². The fourth-order valence-electron chi connectivity index (χ4n) is 1.51. The average molecular weight is 246 g/mol. The molecule has 54 valence electrons. The first-order valence-electron chi connectivity index (χ1n) is 3.53. The minimum Gasteiger partial charge on any atom is -0.107 e. The Kier molecular flexibility index (Phi) is 2.72. The number of halogens is 1. The Bertz CT molecular complexity index is 195. The first-order valence-corrected chi connectivity index (χ1v) is 3.53. The van der Waals surface area contributed by atoms with Gasteiger partial charge < -0.3 is 0 Å². The van der Waals surface area contributed by atoms with E-state index in [0.717, 1.165) is 0 Å². The Morgan fingerprint density at radius 1 is 0.900 bits per heavy atom. The highest BCUT2D eigenvalue weighted by molar-refractivity contribution is 14.0. The zero-order valence-electron chi connectivity index (χ0n) is 5.84. The quantitative estimate of drug-likeness (QED) is 0.617. The van der Waals surface area contributed by atoms with Crippen LogP contribution in [-0.4, -0.2) is 0 Å². The van der Waals surface area contributed by atoms with Crippen molar-refractivity contribution in [3.05, 3.63) is 35.4 Å². The predicted molar refractivity (Wildman–Crippen MR) is 53.9 cm³/mol. The van der Waals surface area contributed by atoms with Crippen molar-refractivity contribution >= 4 is 24.0 Å². The molecule has 2 rings (SSSR count). The SMILES string of the molecule is I.c1ccc2c(c1)CCC2. The minimum atomic E-state index is 0. The van der Waals surface area contributed by atoms with E-state index in [4.69, 9.17) is 0 Å². The fourth-order valence-corrected chi connectivity index (χ4v) is 1.51. The van der Waals surface area contributed by atoms with E-state index in [1.54, 1.807) is 11.1 Å². The summed E-state index contributed by atoms with van der Waals surface area (Å²) in [5.74, 6) is 0. The lowest BCUT2D eigenvalue weighted by molar-refractivity contribution is 0.912. The lowest BCUT2D eigenvalue weighted by atomic mass is 10.1. The van der Waals surface area contributed by atoms with Crippen LogP contribution in [-0.2, 0) is 12.8 Å². The number of aryl methyl sites for hydroxylation is 2. The molecule has 0 nitrogen and oxygen atoms in total. The Morgan fingerprint density at radius 2 is 1.40 bits per heavy atom. The largest absolute Gasteiger partial charge is 0.107 e. The smallest absolute Gasteiger partial charge is 0.0273 e. The van der Waals surface area contributed by atoms with Gasteiger partial charge in [-0.1, -0.05) is 24.3 Å².